The molecule has 0 amide bonds. The van der Waals surface area contributed by atoms with Crippen molar-refractivity contribution in [2.24, 2.45) is 0 Å². The first-order valence-corrected chi connectivity index (χ1v) is 21.5. The maximum atomic E-state index is 9.99. The second-order valence-electron chi connectivity index (χ2n) is 17.0. The number of aromatic nitrogens is 3. The van der Waals surface area contributed by atoms with E-state index in [0.29, 0.717) is 24.2 Å². The molecule has 4 aliphatic rings. The zero-order chi connectivity index (χ0) is 41.3. The van der Waals surface area contributed by atoms with E-state index in [9.17, 15) is 5.21 Å². The third-order valence-electron chi connectivity index (χ3n) is 12.1. The Morgan fingerprint density at radius 2 is 1.08 bits per heavy atom. The number of ether oxygens (including phenoxy) is 2. The van der Waals surface area contributed by atoms with Gasteiger partial charge in [-0.2, -0.15) is 5.06 Å². The maximum absolute atomic E-state index is 9.99. The number of fused-ring (bicyclic) bond motifs is 4. The van der Waals surface area contributed by atoms with Gasteiger partial charge in [-0.25, -0.2) is 9.55 Å². The summed E-state index contributed by atoms with van der Waals surface area (Å²) in [6.07, 6.45) is 19.1. The molecule has 0 spiro atoms. The van der Waals surface area contributed by atoms with Crippen molar-refractivity contribution >= 4 is 5.69 Å². The maximum Gasteiger partial charge on any atom is 0.330 e. The molecule has 9 rings (SSSR count). The molecule has 320 valence electrons. The van der Waals surface area contributed by atoms with E-state index in [0.717, 1.165) is 80.1 Å². The minimum atomic E-state index is 0. The van der Waals surface area contributed by atoms with Crippen molar-refractivity contribution in [1.29, 1.82) is 0 Å². The lowest BCUT2D eigenvalue weighted by Crippen LogP contribution is -3.00. The van der Waals surface area contributed by atoms with Gasteiger partial charge in [0.05, 0.1) is 12.4 Å². The van der Waals surface area contributed by atoms with Crippen LogP contribution in [0.4, 0.5) is 5.69 Å². The van der Waals surface area contributed by atoms with Gasteiger partial charge in [0.2, 0.25) is 5.88 Å². The highest BCUT2D eigenvalue weighted by atomic mass is 35.5. The van der Waals surface area contributed by atoms with Crippen LogP contribution in [0.1, 0.15) is 86.5 Å². The molecule has 4 fully saturated rings. The monoisotopic (exact) mass is 834 g/mol. The smallest absolute Gasteiger partial charge is 0.330 e. The van der Waals surface area contributed by atoms with Gasteiger partial charge in [0.15, 0.2) is 0 Å². The molecule has 0 radical (unpaired) electrons. The van der Waals surface area contributed by atoms with Crippen LogP contribution >= 0.6 is 0 Å². The van der Waals surface area contributed by atoms with Gasteiger partial charge in [-0.3, -0.25) is 0 Å². The van der Waals surface area contributed by atoms with Crippen LogP contribution in [0.2, 0.25) is 0 Å². The van der Waals surface area contributed by atoms with Gasteiger partial charge in [0.1, 0.15) is 29.9 Å². The number of anilines is 1. The number of benzene rings is 2. The Morgan fingerprint density at radius 1 is 0.617 bits per heavy atom. The first kappa shape index (κ1) is 44.8. The molecule has 0 saturated carbocycles. The molecular formula is C49H63ClN6O4. The zero-order valence-corrected chi connectivity index (χ0v) is 36.9. The number of halogens is 1. The summed E-state index contributed by atoms with van der Waals surface area (Å²) in [6.45, 7) is 8.29. The van der Waals surface area contributed by atoms with Crippen LogP contribution in [0.3, 0.4) is 0 Å². The predicted octanol–water partition coefficient (Wildman–Crippen LogP) is 6.34. The van der Waals surface area contributed by atoms with Crippen molar-refractivity contribution in [3.63, 3.8) is 0 Å². The average molecular weight is 836 g/mol. The van der Waals surface area contributed by atoms with Crippen LogP contribution in [-0.4, -0.2) is 75.8 Å². The topological polar surface area (TPSA) is 87.3 Å². The number of rotatable bonds is 8. The summed E-state index contributed by atoms with van der Waals surface area (Å²) < 4.78 is 14.4. The van der Waals surface area contributed by atoms with E-state index in [1.807, 2.05) is 74.5 Å². The molecule has 7 heterocycles. The fourth-order valence-electron chi connectivity index (χ4n) is 8.83. The van der Waals surface area contributed by atoms with Crippen molar-refractivity contribution in [2.75, 3.05) is 19.0 Å². The van der Waals surface area contributed by atoms with Gasteiger partial charge in [-0.05, 0) is 101 Å². The summed E-state index contributed by atoms with van der Waals surface area (Å²) in [5, 5.41) is 13.8. The highest BCUT2D eigenvalue weighted by molar-refractivity contribution is 5.42. The van der Waals surface area contributed by atoms with E-state index in [1.54, 1.807) is 11.3 Å². The van der Waals surface area contributed by atoms with Gasteiger partial charge < -0.3 is 36.8 Å². The standard InChI is InChI=1S/C21H26N2O2.C15H21NO2.C13H16N3.ClH/c1-15-8-10-19(11-9-15)24-20-13-17-6-3-7-18(14-20)23(17)25-21-16(2)5-4-12-22-21;1-11-5-7-14(8-6-11)18-15-9-12-3-2-4-13(10-15)16(12)17;1-11-5-4-8-14-13(11)16-9-6-12(7-10-16)15(2)3;/h4-5,8-12,17-18,20H,3,6-7,13-14H2,1-2H3;5-8,12-13,15,17H,2-4,9-10H2,1H3;4-10H,1-3H3;1H/q;;+1;/p-1/t17-,18+,20?;12-,13+,15?;;. The third kappa shape index (κ3) is 11.8. The summed E-state index contributed by atoms with van der Waals surface area (Å²) in [5.41, 5.74) is 5.95. The van der Waals surface area contributed by atoms with Gasteiger partial charge in [-0.1, -0.05) is 54.3 Å². The highest BCUT2D eigenvalue weighted by Crippen LogP contribution is 2.37. The van der Waals surface area contributed by atoms with Gasteiger partial charge in [0, 0.05) is 99.1 Å². The summed E-state index contributed by atoms with van der Waals surface area (Å²) in [5.74, 6) is 3.64. The molecule has 5 aromatic rings. The normalized spacial score (nSPS) is 23.3. The number of hydrogen-bond donors (Lipinski definition) is 1. The molecule has 4 aliphatic heterocycles. The van der Waals surface area contributed by atoms with Gasteiger partial charge in [-0.15, -0.1) is 5.06 Å². The summed E-state index contributed by atoms with van der Waals surface area (Å²) in [6, 6.07) is 30.2. The van der Waals surface area contributed by atoms with Crippen molar-refractivity contribution in [3.05, 3.63) is 132 Å². The Bertz CT molecular complexity index is 2040. The van der Waals surface area contributed by atoms with E-state index in [4.69, 9.17) is 14.3 Å². The molecule has 60 heavy (non-hydrogen) atoms. The van der Waals surface area contributed by atoms with Crippen molar-refractivity contribution < 1.29 is 36.5 Å². The molecule has 3 aromatic heterocycles. The highest BCUT2D eigenvalue weighted by Gasteiger charge is 2.41. The first-order chi connectivity index (χ1) is 28.6. The van der Waals surface area contributed by atoms with Crippen LogP contribution in [0.15, 0.2) is 110 Å². The fraction of sp³-hybridized carbons (Fsp3) is 0.449. The molecule has 4 saturated heterocycles. The van der Waals surface area contributed by atoms with Crippen LogP contribution in [0, 0.1) is 27.7 Å². The summed E-state index contributed by atoms with van der Waals surface area (Å²) in [4.78, 5) is 17.1. The molecule has 1 N–H and O–H groups in total. The van der Waals surface area contributed by atoms with E-state index in [1.165, 1.54) is 35.2 Å². The Morgan fingerprint density at radius 3 is 1.57 bits per heavy atom. The molecule has 4 bridgehead atoms. The second kappa shape index (κ2) is 21.2. The molecule has 2 aromatic carbocycles. The Balaban J connectivity index is 0.000000154. The fourth-order valence-corrected chi connectivity index (χ4v) is 8.83. The summed E-state index contributed by atoms with van der Waals surface area (Å²) in [7, 11) is 4.07. The van der Waals surface area contributed by atoms with Crippen LogP contribution in [0.5, 0.6) is 17.4 Å². The molecule has 6 atom stereocenters. The predicted molar refractivity (Wildman–Crippen MR) is 232 cm³/mol. The second-order valence-corrected chi connectivity index (χ2v) is 17.0. The van der Waals surface area contributed by atoms with Gasteiger partial charge >= 0.3 is 5.82 Å². The minimum absolute atomic E-state index is 0. The average Bonchev–Trinajstić information content (AvgIpc) is 3.22. The lowest BCUT2D eigenvalue weighted by molar-refractivity contribution is -0.600. The number of hydrogen-bond acceptors (Lipinski definition) is 9. The minimum Gasteiger partial charge on any atom is -1.00 e. The Kier molecular flexibility index (Phi) is 15.8. The van der Waals surface area contributed by atoms with E-state index in [-0.39, 0.29) is 24.6 Å². The summed E-state index contributed by atoms with van der Waals surface area (Å²) >= 11 is 0. The molecule has 0 aliphatic carbocycles. The van der Waals surface area contributed by atoms with E-state index >= 15 is 0 Å². The Hall–Kier alpha value is -4.74. The molecular weight excluding hydrogens is 772 g/mol. The van der Waals surface area contributed by atoms with Gasteiger partial charge in [0.25, 0.3) is 0 Å². The van der Waals surface area contributed by atoms with Crippen molar-refractivity contribution in [1.82, 2.24) is 20.1 Å². The number of piperidine rings is 4. The number of nitrogens with zero attached hydrogens (tertiary/aromatic N) is 6. The number of hydroxylamine groups is 4. The first-order valence-electron chi connectivity index (χ1n) is 21.5. The largest absolute Gasteiger partial charge is 1.00 e. The van der Waals surface area contributed by atoms with E-state index in [2.05, 4.69) is 95.3 Å². The zero-order valence-electron chi connectivity index (χ0n) is 36.2. The third-order valence-corrected chi connectivity index (χ3v) is 12.1. The van der Waals surface area contributed by atoms with Crippen molar-refractivity contribution in [3.8, 4) is 23.2 Å². The molecule has 11 heteroatoms. The molecule has 10 nitrogen and oxygen atoms in total. The quantitative estimate of drug-likeness (QED) is 0.180. The van der Waals surface area contributed by atoms with Crippen LogP contribution < -0.4 is 36.2 Å². The SMILES string of the molecule is Cc1ccc(OC2C[C@H]3CCC[C@@H](C2)N3O)cc1.Cc1ccc(OC2C[C@H]3CCC[C@@H](C2)N3Oc2ncccc2C)cc1.Cc1cccnc1-[n+]1ccc(N(C)C)cc1.[Cl-]. The van der Waals surface area contributed by atoms with Crippen LogP contribution in [0.25, 0.3) is 5.82 Å². The lowest BCUT2D eigenvalue weighted by atomic mass is 9.84. The van der Waals surface area contributed by atoms with Crippen LogP contribution in [-0.2, 0) is 0 Å². The van der Waals surface area contributed by atoms with E-state index < -0.39 is 0 Å². The molecule has 2 unspecified atom stereocenters. The number of pyridine rings is 3. The Labute approximate surface area is 363 Å². The number of aryl methyl sites for hydroxylation is 4. The van der Waals surface area contributed by atoms with Crippen molar-refractivity contribution in [2.45, 2.75) is 128 Å². The lowest BCUT2D eigenvalue weighted by Gasteiger charge is -2.46.